The number of carbonyl (C=O) groups is 3. The molecule has 0 saturated carbocycles. The normalized spacial score (nSPS) is 19.2. The van der Waals surface area contributed by atoms with E-state index in [2.05, 4.69) is 10.2 Å². The van der Waals surface area contributed by atoms with Crippen molar-refractivity contribution in [2.75, 3.05) is 73.2 Å². The molecule has 2 aliphatic heterocycles. The van der Waals surface area contributed by atoms with Crippen molar-refractivity contribution in [3.05, 3.63) is 59.7 Å². The Hall–Kier alpha value is -3.67. The summed E-state index contributed by atoms with van der Waals surface area (Å²) >= 11 is 0. The fourth-order valence-corrected chi connectivity index (χ4v) is 5.17. The molecule has 2 aliphatic rings. The fourth-order valence-electron chi connectivity index (χ4n) is 5.17. The summed E-state index contributed by atoms with van der Waals surface area (Å²) in [7, 11) is 3.11. The Morgan fingerprint density at radius 1 is 1.02 bits per heavy atom. The first-order valence-electron chi connectivity index (χ1n) is 13.6. The number of ether oxygens (including phenoxy) is 3. The van der Waals surface area contributed by atoms with Gasteiger partial charge in [0.05, 0.1) is 33.5 Å². The molecule has 2 heterocycles. The van der Waals surface area contributed by atoms with E-state index >= 15 is 0 Å². The van der Waals surface area contributed by atoms with Crippen molar-refractivity contribution in [3.8, 4) is 11.5 Å². The zero-order valence-electron chi connectivity index (χ0n) is 23.2. The van der Waals surface area contributed by atoms with E-state index in [1.165, 1.54) is 7.11 Å². The van der Waals surface area contributed by atoms with Gasteiger partial charge in [-0.25, -0.2) is 0 Å². The first-order valence-corrected chi connectivity index (χ1v) is 13.6. The number of rotatable bonds is 11. The van der Waals surface area contributed by atoms with Crippen LogP contribution < -0.4 is 20.5 Å². The van der Waals surface area contributed by atoms with E-state index in [9.17, 15) is 14.4 Å². The molecule has 3 amide bonds. The molecular weight excluding hydrogens is 514 g/mol. The predicted octanol–water partition coefficient (Wildman–Crippen LogP) is 0.836. The summed E-state index contributed by atoms with van der Waals surface area (Å²) in [6.45, 7) is 4.81. The number of hydrogen-bond acceptors (Lipinski definition) is 8. The van der Waals surface area contributed by atoms with Crippen molar-refractivity contribution in [1.29, 1.82) is 0 Å². The Labute approximate surface area is 235 Å². The smallest absolute Gasteiger partial charge is 0.254 e. The number of benzene rings is 2. The lowest BCUT2D eigenvalue weighted by Crippen LogP contribution is -2.48. The molecule has 4 rings (SSSR count). The van der Waals surface area contributed by atoms with Crippen LogP contribution in [0.3, 0.4) is 0 Å². The molecule has 0 radical (unpaired) electrons. The first-order chi connectivity index (χ1) is 19.4. The topological polar surface area (TPSA) is 127 Å². The number of carbonyl (C=O) groups excluding carboxylic acids is 3. The molecule has 11 nitrogen and oxygen atoms in total. The number of nitrogens with zero attached hydrogens (tertiary/aromatic N) is 3. The van der Waals surface area contributed by atoms with Gasteiger partial charge < -0.3 is 35.1 Å². The summed E-state index contributed by atoms with van der Waals surface area (Å²) in [4.78, 5) is 46.5. The number of nitrogens with one attached hydrogen (secondary N) is 1. The molecule has 0 bridgehead atoms. The molecule has 2 unspecified atom stereocenters. The minimum atomic E-state index is -0.746. The minimum Gasteiger partial charge on any atom is -0.497 e. The summed E-state index contributed by atoms with van der Waals surface area (Å²) in [5.74, 6) is 0.475. The van der Waals surface area contributed by atoms with E-state index in [1.807, 2.05) is 0 Å². The average Bonchev–Trinajstić information content (AvgIpc) is 3.45. The molecule has 2 saturated heterocycles. The van der Waals surface area contributed by atoms with Crippen LogP contribution in [0, 0.1) is 0 Å². The van der Waals surface area contributed by atoms with E-state index in [4.69, 9.17) is 19.9 Å². The Bertz CT molecular complexity index is 1150. The van der Waals surface area contributed by atoms with Crippen molar-refractivity contribution >= 4 is 17.7 Å². The Balaban J connectivity index is 1.61. The van der Waals surface area contributed by atoms with Gasteiger partial charge in [0.1, 0.15) is 17.5 Å². The SMILES string of the molecule is COc1ccc(C(=O)N(CCN2CCOCC2)C2CC(C(=O)NCCN)N(C(=O)c3cccc(OC)c3)C2)cc1. The van der Waals surface area contributed by atoms with Gasteiger partial charge in [0.2, 0.25) is 5.91 Å². The van der Waals surface area contributed by atoms with Crippen molar-refractivity contribution in [2.45, 2.75) is 18.5 Å². The van der Waals surface area contributed by atoms with Gasteiger partial charge in [0.15, 0.2) is 0 Å². The van der Waals surface area contributed by atoms with Crippen molar-refractivity contribution < 1.29 is 28.6 Å². The Morgan fingerprint density at radius 3 is 2.42 bits per heavy atom. The molecule has 216 valence electrons. The Kier molecular flexibility index (Phi) is 10.3. The van der Waals surface area contributed by atoms with Crippen LogP contribution in [0.2, 0.25) is 0 Å². The van der Waals surface area contributed by atoms with Crippen LogP contribution in [0.4, 0.5) is 0 Å². The van der Waals surface area contributed by atoms with E-state index < -0.39 is 6.04 Å². The van der Waals surface area contributed by atoms with Crippen molar-refractivity contribution in [3.63, 3.8) is 0 Å². The lowest BCUT2D eigenvalue weighted by Gasteiger charge is -2.33. The molecule has 0 aromatic heterocycles. The van der Waals surface area contributed by atoms with Gasteiger partial charge in [-0.15, -0.1) is 0 Å². The highest BCUT2D eigenvalue weighted by Crippen LogP contribution is 2.27. The minimum absolute atomic E-state index is 0.155. The van der Waals surface area contributed by atoms with Gasteiger partial charge in [0.25, 0.3) is 11.8 Å². The highest BCUT2D eigenvalue weighted by Gasteiger charge is 2.43. The highest BCUT2D eigenvalue weighted by atomic mass is 16.5. The molecule has 40 heavy (non-hydrogen) atoms. The number of hydrogen-bond donors (Lipinski definition) is 2. The molecular formula is C29H39N5O6. The van der Waals surface area contributed by atoms with Crippen molar-refractivity contribution in [2.24, 2.45) is 5.73 Å². The van der Waals surface area contributed by atoms with Gasteiger partial charge in [-0.05, 0) is 48.9 Å². The van der Waals surface area contributed by atoms with E-state index in [0.717, 1.165) is 13.1 Å². The molecule has 2 atom stereocenters. The number of amides is 3. The van der Waals surface area contributed by atoms with Crippen LogP contribution in [0.5, 0.6) is 11.5 Å². The van der Waals surface area contributed by atoms with Gasteiger partial charge >= 0.3 is 0 Å². The fraction of sp³-hybridized carbons (Fsp3) is 0.483. The molecule has 2 aromatic rings. The van der Waals surface area contributed by atoms with Gasteiger partial charge in [-0.2, -0.15) is 0 Å². The van der Waals surface area contributed by atoms with Crippen LogP contribution >= 0.6 is 0 Å². The second-order valence-corrected chi connectivity index (χ2v) is 9.86. The Morgan fingerprint density at radius 2 is 1.75 bits per heavy atom. The van der Waals surface area contributed by atoms with E-state index in [0.29, 0.717) is 61.9 Å². The third-order valence-corrected chi connectivity index (χ3v) is 7.40. The van der Waals surface area contributed by atoms with Crippen LogP contribution in [-0.4, -0.2) is 118 Å². The average molecular weight is 554 g/mol. The summed E-state index contributed by atoms with van der Waals surface area (Å²) < 4.78 is 16.0. The first kappa shape index (κ1) is 29.3. The monoisotopic (exact) mass is 553 g/mol. The molecule has 2 fully saturated rings. The van der Waals surface area contributed by atoms with Crippen LogP contribution in [0.15, 0.2) is 48.5 Å². The zero-order valence-corrected chi connectivity index (χ0v) is 23.2. The van der Waals surface area contributed by atoms with Gasteiger partial charge in [0, 0.05) is 56.9 Å². The number of likely N-dealkylation sites (tertiary alicyclic amines) is 1. The number of morpholine rings is 1. The zero-order chi connectivity index (χ0) is 28.5. The summed E-state index contributed by atoms with van der Waals surface area (Å²) in [6.07, 6.45) is 0.317. The maximum Gasteiger partial charge on any atom is 0.254 e. The van der Waals surface area contributed by atoms with Crippen molar-refractivity contribution in [1.82, 2.24) is 20.0 Å². The summed E-state index contributed by atoms with van der Waals surface area (Å²) in [6, 6.07) is 12.7. The van der Waals surface area contributed by atoms with E-state index in [1.54, 1.807) is 65.4 Å². The summed E-state index contributed by atoms with van der Waals surface area (Å²) in [5, 5.41) is 2.83. The van der Waals surface area contributed by atoms with Gasteiger partial charge in [-0.1, -0.05) is 6.07 Å². The third kappa shape index (κ3) is 7.09. The summed E-state index contributed by atoms with van der Waals surface area (Å²) in [5.41, 5.74) is 6.55. The standard InChI is InChI=1S/C29H39N5O6/c1-38-24-8-6-21(7-9-24)28(36)33(13-12-32-14-16-40-17-15-32)23-19-26(27(35)31-11-10-30)34(20-23)29(37)22-4-3-5-25(18-22)39-2/h3-9,18,23,26H,10-17,19-20,30H2,1-2H3,(H,31,35). The highest BCUT2D eigenvalue weighted by molar-refractivity contribution is 5.99. The van der Waals surface area contributed by atoms with Crippen LogP contribution in [0.1, 0.15) is 27.1 Å². The second kappa shape index (κ2) is 14.1. The lowest BCUT2D eigenvalue weighted by atomic mass is 10.1. The molecule has 0 spiro atoms. The lowest BCUT2D eigenvalue weighted by molar-refractivity contribution is -0.124. The third-order valence-electron chi connectivity index (χ3n) is 7.40. The number of nitrogens with two attached hydrogens (primary N) is 1. The quantitative estimate of drug-likeness (QED) is 0.419. The van der Waals surface area contributed by atoms with E-state index in [-0.39, 0.29) is 36.9 Å². The number of methoxy groups -OCH3 is 2. The largest absolute Gasteiger partial charge is 0.497 e. The maximum atomic E-state index is 13.9. The predicted molar refractivity (Wildman–Crippen MR) is 150 cm³/mol. The molecule has 3 N–H and O–H groups in total. The molecule has 0 aliphatic carbocycles. The second-order valence-electron chi connectivity index (χ2n) is 9.86. The maximum absolute atomic E-state index is 13.9. The van der Waals surface area contributed by atoms with Crippen LogP contribution in [0.25, 0.3) is 0 Å². The molecule has 11 heteroatoms. The van der Waals surface area contributed by atoms with Crippen LogP contribution in [-0.2, 0) is 9.53 Å². The van der Waals surface area contributed by atoms with Gasteiger partial charge in [-0.3, -0.25) is 19.3 Å². The molecule has 2 aromatic carbocycles.